The van der Waals surface area contributed by atoms with Gasteiger partial charge in [-0.25, -0.2) is 0 Å². The van der Waals surface area contributed by atoms with Gasteiger partial charge in [0, 0.05) is 18.8 Å². The summed E-state index contributed by atoms with van der Waals surface area (Å²) in [4.78, 5) is 12.5. The maximum Gasteiger partial charge on any atom is 0.230 e. The molecule has 0 spiro atoms. The Labute approximate surface area is 144 Å². The quantitative estimate of drug-likeness (QED) is 0.564. The topological polar surface area (TPSA) is 41.1 Å². The second-order valence-electron chi connectivity index (χ2n) is 5.53. The van der Waals surface area contributed by atoms with Crippen molar-refractivity contribution in [3.8, 4) is 0 Å². The third kappa shape index (κ3) is 9.84. The molecule has 126 valence electrons. The predicted octanol–water partition coefficient (Wildman–Crippen LogP) is 4.19. The highest BCUT2D eigenvalue weighted by Gasteiger charge is 2.01. The number of thioether (sulfide) groups is 1. The number of amides is 1. The summed E-state index contributed by atoms with van der Waals surface area (Å²) >= 11 is 1.49. The van der Waals surface area contributed by atoms with E-state index in [1.54, 1.807) is 0 Å². The molecule has 0 aromatic heterocycles. The minimum atomic E-state index is 0.0961. The molecule has 0 bridgehead atoms. The van der Waals surface area contributed by atoms with Gasteiger partial charge >= 0.3 is 0 Å². The van der Waals surface area contributed by atoms with Gasteiger partial charge in [-0.1, -0.05) is 56.3 Å². The summed E-state index contributed by atoms with van der Waals surface area (Å²) in [5.41, 5.74) is 2.12. The van der Waals surface area contributed by atoms with Crippen LogP contribution in [0.15, 0.2) is 48.4 Å². The van der Waals surface area contributed by atoms with Gasteiger partial charge in [0.1, 0.15) is 0 Å². The molecular weight excluding hydrogens is 304 g/mol. The molecule has 0 heterocycles. The maximum atomic E-state index is 11.5. The molecule has 1 aromatic rings. The van der Waals surface area contributed by atoms with Gasteiger partial charge in [0.05, 0.1) is 5.75 Å². The monoisotopic (exact) mass is 332 g/mol. The molecule has 0 saturated heterocycles. The van der Waals surface area contributed by atoms with Crippen LogP contribution in [0.25, 0.3) is 5.70 Å². The molecule has 0 unspecified atom stereocenters. The average molecular weight is 333 g/mol. The maximum absolute atomic E-state index is 11.5. The van der Waals surface area contributed by atoms with Gasteiger partial charge in [-0.15, -0.1) is 11.8 Å². The molecular formula is C19H28N2OS. The van der Waals surface area contributed by atoms with Crippen LogP contribution in [0.2, 0.25) is 0 Å². The highest BCUT2D eigenvalue weighted by molar-refractivity contribution is 8.03. The van der Waals surface area contributed by atoms with Crippen LogP contribution in [0.1, 0.15) is 38.2 Å². The molecule has 2 N–H and O–H groups in total. The van der Waals surface area contributed by atoms with E-state index < -0.39 is 0 Å². The zero-order chi connectivity index (χ0) is 16.9. The number of hydrogen-bond acceptors (Lipinski definition) is 3. The van der Waals surface area contributed by atoms with Gasteiger partial charge in [0.2, 0.25) is 5.91 Å². The van der Waals surface area contributed by atoms with Crippen LogP contribution in [0, 0.1) is 0 Å². The van der Waals surface area contributed by atoms with Crippen molar-refractivity contribution in [3.63, 3.8) is 0 Å². The highest BCUT2D eigenvalue weighted by atomic mass is 32.2. The van der Waals surface area contributed by atoms with E-state index in [4.69, 9.17) is 0 Å². The van der Waals surface area contributed by atoms with Crippen molar-refractivity contribution in [2.45, 2.75) is 32.6 Å². The number of carbonyl (C=O) groups excluding carboxylic acids is 1. The van der Waals surface area contributed by atoms with E-state index in [9.17, 15) is 4.79 Å². The lowest BCUT2D eigenvalue weighted by Crippen LogP contribution is -2.26. The fourth-order valence-electron chi connectivity index (χ4n) is 2.05. The van der Waals surface area contributed by atoms with E-state index in [0.717, 1.165) is 54.9 Å². The van der Waals surface area contributed by atoms with Crippen molar-refractivity contribution in [3.05, 3.63) is 54.0 Å². The molecule has 0 atom stereocenters. The summed E-state index contributed by atoms with van der Waals surface area (Å²) in [6.45, 7) is 11.4. The standard InChI is InChI=1S/C19H28N2OS/c1-16(2)23-15-19(22)21-14-10-5-4-9-13-20-17(3)18-11-7-6-8-12-18/h6-8,11-12,20H,1,3-5,9-10,13-15H2,2H3,(H,21,22). The summed E-state index contributed by atoms with van der Waals surface area (Å²) in [6.07, 6.45) is 4.44. The Kier molecular flexibility index (Phi) is 9.96. The van der Waals surface area contributed by atoms with Crippen LogP contribution >= 0.6 is 11.8 Å². The lowest BCUT2D eigenvalue weighted by Gasteiger charge is -2.09. The molecule has 0 aliphatic rings. The van der Waals surface area contributed by atoms with Crippen LogP contribution in [0.3, 0.4) is 0 Å². The van der Waals surface area contributed by atoms with Crippen molar-refractivity contribution in [2.75, 3.05) is 18.8 Å². The SMILES string of the molecule is C=C(C)SCC(=O)NCCCCCCNC(=C)c1ccccc1. The fourth-order valence-corrected chi connectivity index (χ4v) is 2.53. The first kappa shape index (κ1) is 19.4. The van der Waals surface area contributed by atoms with Gasteiger partial charge in [-0.3, -0.25) is 4.79 Å². The van der Waals surface area contributed by atoms with Gasteiger partial charge in [0.15, 0.2) is 0 Å². The minimum absolute atomic E-state index is 0.0961. The average Bonchev–Trinajstić information content (AvgIpc) is 2.56. The van der Waals surface area contributed by atoms with Crippen LogP contribution < -0.4 is 10.6 Å². The second-order valence-corrected chi connectivity index (χ2v) is 6.80. The number of allylic oxidation sites excluding steroid dienone is 1. The van der Waals surface area contributed by atoms with Gasteiger partial charge in [-0.2, -0.15) is 0 Å². The number of rotatable bonds is 12. The lowest BCUT2D eigenvalue weighted by atomic mass is 10.1. The molecule has 3 nitrogen and oxygen atoms in total. The smallest absolute Gasteiger partial charge is 0.230 e. The molecule has 0 saturated carbocycles. The summed E-state index contributed by atoms with van der Waals surface area (Å²) in [5.74, 6) is 0.569. The van der Waals surface area contributed by atoms with E-state index in [1.165, 1.54) is 11.8 Å². The molecule has 0 aliphatic heterocycles. The number of carbonyl (C=O) groups is 1. The minimum Gasteiger partial charge on any atom is -0.385 e. The summed E-state index contributed by atoms with van der Waals surface area (Å²) in [5, 5.41) is 6.30. The Balaban J connectivity index is 1.95. The van der Waals surface area contributed by atoms with Crippen LogP contribution in [-0.4, -0.2) is 24.7 Å². The van der Waals surface area contributed by atoms with Crippen molar-refractivity contribution >= 4 is 23.4 Å². The van der Waals surface area contributed by atoms with Crippen molar-refractivity contribution in [2.24, 2.45) is 0 Å². The van der Waals surface area contributed by atoms with Gasteiger partial charge in [-0.05, 0) is 30.2 Å². The molecule has 4 heteroatoms. The van der Waals surface area contributed by atoms with Crippen LogP contribution in [0.4, 0.5) is 0 Å². The number of nitrogens with one attached hydrogen (secondary N) is 2. The molecule has 1 aromatic carbocycles. The summed E-state index contributed by atoms with van der Waals surface area (Å²) in [6, 6.07) is 10.2. The number of unbranched alkanes of at least 4 members (excludes halogenated alkanes) is 3. The molecule has 1 rings (SSSR count). The Bertz CT molecular complexity index is 499. The van der Waals surface area contributed by atoms with Gasteiger partial charge < -0.3 is 10.6 Å². The van der Waals surface area contributed by atoms with Gasteiger partial charge in [0.25, 0.3) is 0 Å². The lowest BCUT2D eigenvalue weighted by molar-refractivity contribution is -0.118. The van der Waals surface area contributed by atoms with Crippen molar-refractivity contribution in [1.29, 1.82) is 0 Å². The molecule has 0 aliphatic carbocycles. The first-order valence-corrected chi connectivity index (χ1v) is 9.11. The largest absolute Gasteiger partial charge is 0.385 e. The van der Waals surface area contributed by atoms with E-state index >= 15 is 0 Å². The second kappa shape index (κ2) is 11.8. The molecule has 23 heavy (non-hydrogen) atoms. The number of benzene rings is 1. The molecule has 0 radical (unpaired) electrons. The van der Waals surface area contributed by atoms with Crippen molar-refractivity contribution in [1.82, 2.24) is 10.6 Å². The molecule has 1 amide bonds. The van der Waals surface area contributed by atoms with E-state index in [1.807, 2.05) is 25.1 Å². The van der Waals surface area contributed by atoms with Crippen molar-refractivity contribution < 1.29 is 4.79 Å². The normalized spacial score (nSPS) is 10.1. The fraction of sp³-hybridized carbons (Fsp3) is 0.421. The van der Waals surface area contributed by atoms with Crippen LogP contribution in [-0.2, 0) is 4.79 Å². The summed E-state index contributed by atoms with van der Waals surface area (Å²) < 4.78 is 0. The predicted molar refractivity (Wildman–Crippen MR) is 102 cm³/mol. The Morgan fingerprint density at radius 3 is 2.22 bits per heavy atom. The Morgan fingerprint density at radius 1 is 1.00 bits per heavy atom. The first-order chi connectivity index (χ1) is 11.1. The highest BCUT2D eigenvalue weighted by Crippen LogP contribution is 2.10. The van der Waals surface area contributed by atoms with E-state index in [0.29, 0.717) is 5.75 Å². The third-order valence-corrected chi connectivity index (χ3v) is 4.24. The Hall–Kier alpha value is -1.68. The van der Waals surface area contributed by atoms with E-state index in [2.05, 4.69) is 35.9 Å². The third-order valence-electron chi connectivity index (χ3n) is 3.34. The number of hydrogen-bond donors (Lipinski definition) is 2. The zero-order valence-electron chi connectivity index (χ0n) is 14.1. The molecule has 0 fully saturated rings. The zero-order valence-corrected chi connectivity index (χ0v) is 14.9. The van der Waals surface area contributed by atoms with E-state index in [-0.39, 0.29) is 5.91 Å². The summed E-state index contributed by atoms with van der Waals surface area (Å²) in [7, 11) is 0. The van der Waals surface area contributed by atoms with Crippen LogP contribution in [0.5, 0.6) is 0 Å². The first-order valence-electron chi connectivity index (χ1n) is 8.13. The Morgan fingerprint density at radius 2 is 1.61 bits per heavy atom.